The first-order valence-electron chi connectivity index (χ1n) is 9.60. The van der Waals surface area contributed by atoms with Crippen molar-refractivity contribution in [2.45, 2.75) is 26.2 Å². The van der Waals surface area contributed by atoms with Crippen molar-refractivity contribution in [1.29, 1.82) is 0 Å². The standard InChI is InChI=1S/C23H23N5O2/c1-23(2,3)19-13-20(28-30-19)27-22(29)26-15-9-7-14(8-10-15)16-5-4-6-18-17(16)11-12-25-21(18)24/h4-13H,1-3H3,(H2,24,25)(H2,26,27,28,29). The van der Waals surface area contributed by atoms with Crippen molar-refractivity contribution in [3.63, 3.8) is 0 Å². The lowest BCUT2D eigenvalue weighted by molar-refractivity contribution is 0.262. The summed E-state index contributed by atoms with van der Waals surface area (Å²) in [6.07, 6.45) is 1.70. The molecule has 7 heteroatoms. The molecule has 0 saturated carbocycles. The van der Waals surface area contributed by atoms with Crippen LogP contribution in [0, 0.1) is 0 Å². The highest BCUT2D eigenvalue weighted by Crippen LogP contribution is 2.31. The number of nitrogens with one attached hydrogen (secondary N) is 2. The lowest BCUT2D eigenvalue weighted by atomic mass is 9.93. The van der Waals surface area contributed by atoms with Crippen LogP contribution in [0.2, 0.25) is 0 Å². The first-order valence-corrected chi connectivity index (χ1v) is 9.60. The van der Waals surface area contributed by atoms with E-state index in [4.69, 9.17) is 10.3 Å². The largest absolute Gasteiger partial charge is 0.383 e. The van der Waals surface area contributed by atoms with Gasteiger partial charge in [0.05, 0.1) is 0 Å². The van der Waals surface area contributed by atoms with Crippen molar-refractivity contribution < 1.29 is 9.32 Å². The molecule has 0 saturated heterocycles. The summed E-state index contributed by atoms with van der Waals surface area (Å²) in [6, 6.07) is 16.8. The van der Waals surface area contributed by atoms with Crippen LogP contribution in [0.15, 0.2) is 65.3 Å². The van der Waals surface area contributed by atoms with Crippen LogP contribution in [0.4, 0.5) is 22.1 Å². The van der Waals surface area contributed by atoms with E-state index in [9.17, 15) is 4.79 Å². The molecule has 2 aromatic heterocycles. The number of aromatic nitrogens is 2. The van der Waals surface area contributed by atoms with E-state index < -0.39 is 0 Å². The first kappa shape index (κ1) is 19.4. The van der Waals surface area contributed by atoms with Crippen molar-refractivity contribution >= 4 is 34.1 Å². The summed E-state index contributed by atoms with van der Waals surface area (Å²) in [5, 5.41) is 11.3. The van der Waals surface area contributed by atoms with Gasteiger partial charge in [-0.05, 0) is 34.7 Å². The molecular formula is C23H23N5O2. The fourth-order valence-corrected chi connectivity index (χ4v) is 3.18. The second kappa shape index (κ2) is 7.51. The molecule has 4 rings (SSSR count). The van der Waals surface area contributed by atoms with Crippen molar-refractivity contribution in [1.82, 2.24) is 10.1 Å². The molecule has 0 bridgehead atoms. The average Bonchev–Trinajstić information content (AvgIpc) is 3.17. The van der Waals surface area contributed by atoms with Crippen molar-refractivity contribution in [2.75, 3.05) is 16.4 Å². The van der Waals surface area contributed by atoms with Gasteiger partial charge in [-0.1, -0.05) is 56.3 Å². The van der Waals surface area contributed by atoms with Crippen LogP contribution < -0.4 is 16.4 Å². The minimum absolute atomic E-state index is 0.179. The number of nitrogen functional groups attached to an aromatic ring is 1. The molecule has 0 aliphatic carbocycles. The van der Waals surface area contributed by atoms with Gasteiger partial charge in [-0.25, -0.2) is 9.78 Å². The Labute approximate surface area is 174 Å². The van der Waals surface area contributed by atoms with Gasteiger partial charge in [-0.15, -0.1) is 0 Å². The number of pyridine rings is 1. The highest BCUT2D eigenvalue weighted by molar-refractivity contribution is 6.02. The zero-order valence-corrected chi connectivity index (χ0v) is 17.1. The fraction of sp³-hybridized carbons (Fsp3) is 0.174. The Hall–Kier alpha value is -3.87. The molecule has 2 aromatic carbocycles. The number of rotatable bonds is 3. The Balaban J connectivity index is 1.49. The molecule has 30 heavy (non-hydrogen) atoms. The topological polar surface area (TPSA) is 106 Å². The maximum absolute atomic E-state index is 12.3. The van der Waals surface area contributed by atoms with E-state index in [1.165, 1.54) is 0 Å². The van der Waals surface area contributed by atoms with Gasteiger partial charge in [0, 0.05) is 28.8 Å². The number of hydrogen-bond donors (Lipinski definition) is 3. The van der Waals surface area contributed by atoms with Gasteiger partial charge in [0.15, 0.2) is 5.82 Å². The minimum Gasteiger partial charge on any atom is -0.383 e. The second-order valence-electron chi connectivity index (χ2n) is 8.08. The summed E-state index contributed by atoms with van der Waals surface area (Å²) in [7, 11) is 0. The SMILES string of the molecule is CC(C)(C)c1cc(NC(=O)Nc2ccc(-c3cccc4c(N)nccc34)cc2)no1. The highest BCUT2D eigenvalue weighted by Gasteiger charge is 2.20. The number of nitrogens with zero attached hydrogens (tertiary/aromatic N) is 2. The van der Waals surface area contributed by atoms with Gasteiger partial charge < -0.3 is 15.6 Å². The lowest BCUT2D eigenvalue weighted by Crippen LogP contribution is -2.19. The van der Waals surface area contributed by atoms with E-state index in [0.29, 0.717) is 23.1 Å². The molecule has 0 spiro atoms. The van der Waals surface area contributed by atoms with Gasteiger partial charge in [0.25, 0.3) is 0 Å². The average molecular weight is 401 g/mol. The van der Waals surface area contributed by atoms with Gasteiger partial charge in [-0.3, -0.25) is 5.32 Å². The summed E-state index contributed by atoms with van der Waals surface area (Å²) < 4.78 is 5.28. The van der Waals surface area contributed by atoms with E-state index in [1.54, 1.807) is 12.3 Å². The van der Waals surface area contributed by atoms with Crippen LogP contribution in [0.5, 0.6) is 0 Å². The monoisotopic (exact) mass is 401 g/mol. The van der Waals surface area contributed by atoms with Crippen molar-refractivity contribution in [3.05, 3.63) is 66.6 Å². The van der Waals surface area contributed by atoms with Gasteiger partial charge in [0.2, 0.25) is 0 Å². The minimum atomic E-state index is -0.388. The molecule has 2 amide bonds. The number of anilines is 3. The number of carbonyl (C=O) groups is 1. The molecule has 152 valence electrons. The molecule has 0 aliphatic heterocycles. The maximum atomic E-state index is 12.3. The Morgan fingerprint density at radius 1 is 1.00 bits per heavy atom. The quantitative estimate of drug-likeness (QED) is 0.425. The molecule has 2 heterocycles. The molecule has 0 radical (unpaired) electrons. The van der Waals surface area contributed by atoms with Crippen LogP contribution in [-0.4, -0.2) is 16.2 Å². The zero-order chi connectivity index (χ0) is 21.3. The highest BCUT2D eigenvalue weighted by atomic mass is 16.5. The number of nitrogens with two attached hydrogens (primary N) is 1. The smallest absolute Gasteiger partial charge is 0.324 e. The van der Waals surface area contributed by atoms with E-state index in [0.717, 1.165) is 21.9 Å². The Morgan fingerprint density at radius 3 is 2.47 bits per heavy atom. The van der Waals surface area contributed by atoms with Gasteiger partial charge in [0.1, 0.15) is 11.6 Å². The Bertz CT molecular complexity index is 1210. The molecule has 4 N–H and O–H groups in total. The van der Waals surface area contributed by atoms with E-state index in [-0.39, 0.29) is 11.4 Å². The molecule has 7 nitrogen and oxygen atoms in total. The van der Waals surface area contributed by atoms with E-state index >= 15 is 0 Å². The number of urea groups is 1. The number of amides is 2. The Kier molecular flexibility index (Phi) is 4.87. The van der Waals surface area contributed by atoms with E-state index in [2.05, 4.69) is 20.8 Å². The molecule has 0 atom stereocenters. The lowest BCUT2D eigenvalue weighted by Gasteiger charge is -2.12. The summed E-state index contributed by atoms with van der Waals surface area (Å²) in [5.74, 6) is 1.58. The van der Waals surface area contributed by atoms with Gasteiger partial charge >= 0.3 is 6.03 Å². The molecule has 4 aromatic rings. The Morgan fingerprint density at radius 2 is 1.77 bits per heavy atom. The van der Waals surface area contributed by atoms with E-state index in [1.807, 2.05) is 69.3 Å². The number of benzene rings is 2. The first-order chi connectivity index (χ1) is 14.3. The maximum Gasteiger partial charge on any atom is 0.324 e. The van der Waals surface area contributed by atoms with Crippen LogP contribution in [0.3, 0.4) is 0 Å². The third kappa shape index (κ3) is 3.96. The summed E-state index contributed by atoms with van der Waals surface area (Å²) in [5.41, 5.74) is 8.55. The summed E-state index contributed by atoms with van der Waals surface area (Å²) in [4.78, 5) is 16.4. The summed E-state index contributed by atoms with van der Waals surface area (Å²) >= 11 is 0. The predicted octanol–water partition coefficient (Wildman–Crippen LogP) is 5.41. The third-order valence-corrected chi connectivity index (χ3v) is 4.78. The van der Waals surface area contributed by atoms with Crippen LogP contribution in [0.1, 0.15) is 26.5 Å². The zero-order valence-electron chi connectivity index (χ0n) is 17.1. The molecule has 0 unspecified atom stereocenters. The molecule has 0 fully saturated rings. The number of fused-ring (bicyclic) bond motifs is 1. The van der Waals surface area contributed by atoms with Crippen LogP contribution >= 0.6 is 0 Å². The number of carbonyl (C=O) groups excluding carboxylic acids is 1. The predicted molar refractivity (Wildman–Crippen MR) is 119 cm³/mol. The van der Waals surface area contributed by atoms with Gasteiger partial charge in [-0.2, -0.15) is 0 Å². The fourth-order valence-electron chi connectivity index (χ4n) is 3.18. The van der Waals surface area contributed by atoms with Crippen LogP contribution in [0.25, 0.3) is 21.9 Å². The second-order valence-corrected chi connectivity index (χ2v) is 8.08. The molecular weight excluding hydrogens is 378 g/mol. The molecule has 0 aliphatic rings. The normalized spacial score (nSPS) is 11.4. The third-order valence-electron chi connectivity index (χ3n) is 4.78. The number of hydrogen-bond acceptors (Lipinski definition) is 5. The van der Waals surface area contributed by atoms with Crippen molar-refractivity contribution in [3.8, 4) is 11.1 Å². The summed E-state index contributed by atoms with van der Waals surface area (Å²) in [6.45, 7) is 6.04. The van der Waals surface area contributed by atoms with Crippen LogP contribution in [-0.2, 0) is 5.41 Å². The van der Waals surface area contributed by atoms with Crippen molar-refractivity contribution in [2.24, 2.45) is 0 Å².